The lowest BCUT2D eigenvalue weighted by Crippen LogP contribution is -1.93. The van der Waals surface area contributed by atoms with Gasteiger partial charge in [-0.2, -0.15) is 0 Å². The van der Waals surface area contributed by atoms with Crippen LogP contribution in [0.2, 0.25) is 0 Å². The van der Waals surface area contributed by atoms with Gasteiger partial charge in [-0.15, -0.1) is 0 Å². The van der Waals surface area contributed by atoms with E-state index in [0.717, 1.165) is 23.5 Å². The highest BCUT2D eigenvalue weighted by Gasteiger charge is 2.01. The molecule has 2 N–H and O–H groups in total. The molecule has 0 saturated heterocycles. The molecule has 72 valence electrons. The average molecular weight is 188 g/mol. The minimum atomic E-state index is 0.451. The molecule has 0 aliphatic rings. The molecule has 0 bridgehead atoms. The van der Waals surface area contributed by atoms with E-state index < -0.39 is 0 Å². The van der Waals surface area contributed by atoms with Gasteiger partial charge in [0.2, 0.25) is 0 Å². The largest absolute Gasteiger partial charge is 0.464 e. The van der Waals surface area contributed by atoms with E-state index in [2.05, 4.69) is 4.98 Å². The van der Waals surface area contributed by atoms with Gasteiger partial charge in [0.15, 0.2) is 0 Å². The monoisotopic (exact) mass is 188 g/mol. The summed E-state index contributed by atoms with van der Waals surface area (Å²) < 4.78 is 5.48. The van der Waals surface area contributed by atoms with Crippen molar-refractivity contribution in [2.75, 3.05) is 0 Å². The first kappa shape index (κ1) is 8.97. The minimum absolute atomic E-state index is 0.451. The molecule has 0 aliphatic carbocycles. The predicted octanol–water partition coefficient (Wildman–Crippen LogP) is 1.72. The minimum Gasteiger partial charge on any atom is -0.464 e. The molecular formula is C11H12N2O. The fraction of sp³-hybridized carbons (Fsp3) is 0.182. The molecule has 2 aromatic rings. The van der Waals surface area contributed by atoms with Gasteiger partial charge in [-0.3, -0.25) is 4.98 Å². The number of nitrogens with two attached hydrogens (primary N) is 1. The van der Waals surface area contributed by atoms with E-state index in [9.17, 15) is 0 Å². The Balaban J connectivity index is 2.11. The second kappa shape index (κ2) is 4.07. The summed E-state index contributed by atoms with van der Waals surface area (Å²) in [6.45, 7) is 0.451. The van der Waals surface area contributed by atoms with E-state index in [-0.39, 0.29) is 0 Å². The summed E-state index contributed by atoms with van der Waals surface area (Å²) in [4.78, 5) is 4.04. The Hall–Kier alpha value is -1.61. The summed E-state index contributed by atoms with van der Waals surface area (Å²) in [6, 6.07) is 7.81. The highest BCUT2D eigenvalue weighted by molar-refractivity contribution is 5.18. The first-order valence-corrected chi connectivity index (χ1v) is 4.55. The van der Waals surface area contributed by atoms with Crippen molar-refractivity contribution >= 4 is 0 Å². The predicted molar refractivity (Wildman–Crippen MR) is 53.6 cm³/mol. The van der Waals surface area contributed by atoms with Gasteiger partial charge in [0, 0.05) is 18.8 Å². The number of hydrogen-bond acceptors (Lipinski definition) is 3. The molecule has 3 heteroatoms. The number of pyridine rings is 1. The summed E-state index contributed by atoms with van der Waals surface area (Å²) in [5, 5.41) is 0. The summed E-state index contributed by atoms with van der Waals surface area (Å²) in [6.07, 6.45) is 4.37. The van der Waals surface area contributed by atoms with Crippen LogP contribution in [0.25, 0.3) is 0 Å². The maximum absolute atomic E-state index is 5.48. The Morgan fingerprint density at radius 2 is 2.07 bits per heavy atom. The molecule has 2 rings (SSSR count). The second-order valence-electron chi connectivity index (χ2n) is 3.11. The molecular weight excluding hydrogens is 176 g/mol. The number of furan rings is 1. The number of aromatic nitrogens is 1. The van der Waals surface area contributed by atoms with Crippen molar-refractivity contribution in [2.24, 2.45) is 5.73 Å². The van der Waals surface area contributed by atoms with E-state index in [4.69, 9.17) is 10.2 Å². The number of rotatable bonds is 3. The van der Waals surface area contributed by atoms with E-state index in [1.165, 1.54) is 0 Å². The van der Waals surface area contributed by atoms with Crippen molar-refractivity contribution in [1.82, 2.24) is 4.98 Å². The first-order valence-electron chi connectivity index (χ1n) is 4.55. The molecule has 0 aromatic carbocycles. The van der Waals surface area contributed by atoms with Crippen molar-refractivity contribution < 1.29 is 4.42 Å². The average Bonchev–Trinajstić information content (AvgIpc) is 2.67. The van der Waals surface area contributed by atoms with Crippen molar-refractivity contribution in [3.63, 3.8) is 0 Å². The maximum atomic E-state index is 5.48. The van der Waals surface area contributed by atoms with Gasteiger partial charge in [0.25, 0.3) is 0 Å². The highest BCUT2D eigenvalue weighted by atomic mass is 16.3. The van der Waals surface area contributed by atoms with Gasteiger partial charge in [-0.1, -0.05) is 6.07 Å². The lowest BCUT2D eigenvalue weighted by molar-refractivity contribution is 0.475. The Labute approximate surface area is 82.6 Å². The molecule has 0 atom stereocenters. The van der Waals surface area contributed by atoms with Crippen LogP contribution < -0.4 is 5.73 Å². The molecule has 14 heavy (non-hydrogen) atoms. The molecule has 0 aliphatic heterocycles. The molecule has 2 aromatic heterocycles. The normalized spacial score (nSPS) is 10.4. The lowest BCUT2D eigenvalue weighted by atomic mass is 10.2. The summed E-state index contributed by atoms with van der Waals surface area (Å²) in [5.41, 5.74) is 6.59. The molecule has 0 saturated carbocycles. The van der Waals surface area contributed by atoms with Crippen LogP contribution in [0.4, 0.5) is 0 Å². The van der Waals surface area contributed by atoms with E-state index in [1.54, 1.807) is 6.20 Å². The standard InChI is InChI=1S/C11H12N2O/c12-7-11-4-3-10(14-11)6-9-2-1-5-13-8-9/h1-5,8H,6-7,12H2. The van der Waals surface area contributed by atoms with Gasteiger partial charge in [0.1, 0.15) is 11.5 Å². The first-order chi connectivity index (χ1) is 6.88. The summed E-state index contributed by atoms with van der Waals surface area (Å²) in [7, 11) is 0. The van der Waals surface area contributed by atoms with E-state index in [1.807, 2.05) is 30.5 Å². The Morgan fingerprint density at radius 3 is 2.71 bits per heavy atom. The quantitative estimate of drug-likeness (QED) is 0.798. The van der Waals surface area contributed by atoms with Crippen LogP contribution in [0.15, 0.2) is 41.1 Å². The lowest BCUT2D eigenvalue weighted by Gasteiger charge is -1.96. The van der Waals surface area contributed by atoms with Crippen molar-refractivity contribution in [2.45, 2.75) is 13.0 Å². The summed E-state index contributed by atoms with van der Waals surface area (Å²) in [5.74, 6) is 1.75. The van der Waals surface area contributed by atoms with Crippen LogP contribution in [0, 0.1) is 0 Å². The maximum Gasteiger partial charge on any atom is 0.117 e. The molecule has 0 unspecified atom stereocenters. The molecule has 0 spiro atoms. The molecule has 2 heterocycles. The number of hydrogen-bond donors (Lipinski definition) is 1. The smallest absolute Gasteiger partial charge is 0.117 e. The SMILES string of the molecule is NCc1ccc(Cc2cccnc2)o1. The van der Waals surface area contributed by atoms with E-state index >= 15 is 0 Å². The van der Waals surface area contributed by atoms with Crippen LogP contribution in [-0.4, -0.2) is 4.98 Å². The van der Waals surface area contributed by atoms with Crippen LogP contribution >= 0.6 is 0 Å². The zero-order chi connectivity index (χ0) is 9.80. The van der Waals surface area contributed by atoms with Crippen molar-refractivity contribution in [1.29, 1.82) is 0 Å². The highest BCUT2D eigenvalue weighted by Crippen LogP contribution is 2.11. The van der Waals surface area contributed by atoms with Crippen LogP contribution in [-0.2, 0) is 13.0 Å². The molecule has 0 amide bonds. The van der Waals surface area contributed by atoms with Crippen LogP contribution in [0.3, 0.4) is 0 Å². The van der Waals surface area contributed by atoms with Gasteiger partial charge >= 0.3 is 0 Å². The fourth-order valence-corrected chi connectivity index (χ4v) is 1.33. The van der Waals surface area contributed by atoms with Gasteiger partial charge < -0.3 is 10.2 Å². The van der Waals surface area contributed by atoms with Gasteiger partial charge in [-0.25, -0.2) is 0 Å². The topological polar surface area (TPSA) is 52.0 Å². The molecule has 0 fully saturated rings. The second-order valence-corrected chi connectivity index (χ2v) is 3.11. The Bertz CT molecular complexity index is 395. The van der Waals surface area contributed by atoms with Crippen LogP contribution in [0.1, 0.15) is 17.1 Å². The zero-order valence-electron chi connectivity index (χ0n) is 7.81. The molecule has 0 radical (unpaired) electrons. The Morgan fingerprint density at radius 1 is 1.21 bits per heavy atom. The van der Waals surface area contributed by atoms with Gasteiger partial charge in [-0.05, 0) is 23.8 Å². The number of nitrogens with zero attached hydrogens (tertiary/aromatic N) is 1. The van der Waals surface area contributed by atoms with E-state index in [0.29, 0.717) is 6.54 Å². The third-order valence-electron chi connectivity index (χ3n) is 2.02. The summed E-state index contributed by atoms with van der Waals surface area (Å²) >= 11 is 0. The van der Waals surface area contributed by atoms with Gasteiger partial charge in [0.05, 0.1) is 6.54 Å². The Kier molecular flexibility index (Phi) is 2.60. The molecule has 3 nitrogen and oxygen atoms in total. The fourth-order valence-electron chi connectivity index (χ4n) is 1.33. The zero-order valence-corrected chi connectivity index (χ0v) is 7.81. The van der Waals surface area contributed by atoms with Crippen molar-refractivity contribution in [3.05, 3.63) is 53.7 Å². The van der Waals surface area contributed by atoms with Crippen LogP contribution in [0.5, 0.6) is 0 Å². The third-order valence-corrected chi connectivity index (χ3v) is 2.02. The third kappa shape index (κ3) is 2.00. The van der Waals surface area contributed by atoms with Crippen molar-refractivity contribution in [3.8, 4) is 0 Å².